The van der Waals surface area contributed by atoms with Crippen molar-refractivity contribution in [3.63, 3.8) is 0 Å². The van der Waals surface area contributed by atoms with E-state index in [4.69, 9.17) is 23.2 Å². The highest BCUT2D eigenvalue weighted by atomic mass is 79.9. The van der Waals surface area contributed by atoms with Gasteiger partial charge in [-0.25, -0.2) is 0 Å². The Hall–Kier alpha value is -2.33. The van der Waals surface area contributed by atoms with Crippen molar-refractivity contribution in [1.82, 2.24) is 20.1 Å². The molecule has 0 bridgehead atoms. The normalized spacial score (nSPS) is 11.9. The van der Waals surface area contributed by atoms with Crippen molar-refractivity contribution in [2.24, 2.45) is 5.92 Å². The largest absolute Gasteiger partial charge is 0.342 e. The summed E-state index contributed by atoms with van der Waals surface area (Å²) in [5, 5.41) is 15.9. The summed E-state index contributed by atoms with van der Waals surface area (Å²) in [5.41, 5.74) is 2.07. The predicted octanol–water partition coefficient (Wildman–Crippen LogP) is 7.09. The summed E-state index contributed by atoms with van der Waals surface area (Å²) < 4.78 is 2.84. The summed E-state index contributed by atoms with van der Waals surface area (Å²) >= 11 is 17.0. The maximum Gasteiger partial charge on any atom is 0.253 e. The number of carbonyl (C=O) groups is 2. The fourth-order valence-corrected chi connectivity index (χ4v) is 5.12. The molecule has 0 saturated carbocycles. The zero-order valence-corrected chi connectivity index (χ0v) is 24.6. The molecule has 0 radical (unpaired) electrons. The molecule has 37 heavy (non-hydrogen) atoms. The van der Waals surface area contributed by atoms with Gasteiger partial charge in [-0.1, -0.05) is 70.8 Å². The number of benzene rings is 2. The first-order chi connectivity index (χ1) is 17.6. The third-order valence-corrected chi connectivity index (χ3v) is 7.74. The number of aryl methyl sites for hydroxylation is 1. The van der Waals surface area contributed by atoms with Crippen LogP contribution in [0.25, 0.3) is 0 Å². The van der Waals surface area contributed by atoms with Crippen LogP contribution in [-0.2, 0) is 11.3 Å². The molecule has 7 nitrogen and oxygen atoms in total. The van der Waals surface area contributed by atoms with Crippen LogP contribution in [0, 0.1) is 12.8 Å². The van der Waals surface area contributed by atoms with E-state index >= 15 is 0 Å². The van der Waals surface area contributed by atoms with Crippen LogP contribution < -0.4 is 10.6 Å². The lowest BCUT2D eigenvalue weighted by Gasteiger charge is -2.21. The summed E-state index contributed by atoms with van der Waals surface area (Å²) in [6.45, 7) is 10.4. The average molecular weight is 625 g/mol. The van der Waals surface area contributed by atoms with Gasteiger partial charge in [0.05, 0.1) is 22.4 Å². The van der Waals surface area contributed by atoms with Crippen LogP contribution in [0.15, 0.2) is 58.7 Å². The lowest BCUT2D eigenvalue weighted by atomic mass is 10.0. The van der Waals surface area contributed by atoms with Gasteiger partial charge in [-0.2, -0.15) is 0 Å². The second kappa shape index (κ2) is 13.5. The standard InChI is InChI=1S/C26H28BrCl2N5O2S/c1-5-10-34-24(22(11-15(2)3)31-25(36)19-8-6-17(28)13-21(19)29)32-33-26(34)37-14-23(35)30-18-7-9-20(27)16(4)12-18/h5-9,12-13,15,22H,1,10-11,14H2,2-4H3,(H,30,35)(H,31,36)/t22-/m1/s1. The number of carbonyl (C=O) groups excluding carboxylic acids is 2. The van der Waals surface area contributed by atoms with Gasteiger partial charge in [0.15, 0.2) is 11.0 Å². The number of hydrogen-bond donors (Lipinski definition) is 2. The predicted molar refractivity (Wildman–Crippen MR) is 155 cm³/mol. The van der Waals surface area contributed by atoms with Crippen molar-refractivity contribution >= 4 is 68.4 Å². The summed E-state index contributed by atoms with van der Waals surface area (Å²) in [5.74, 6) is 0.491. The second-order valence-corrected chi connectivity index (χ2v) is 11.5. The Morgan fingerprint density at radius 3 is 2.59 bits per heavy atom. The molecule has 1 atom stereocenters. The molecule has 0 fully saturated rings. The smallest absolute Gasteiger partial charge is 0.253 e. The number of allylic oxidation sites excluding steroid dienone is 1. The number of aromatic nitrogens is 3. The van der Waals surface area contributed by atoms with Gasteiger partial charge in [-0.05, 0) is 61.2 Å². The van der Waals surface area contributed by atoms with E-state index in [0.717, 1.165) is 15.7 Å². The summed E-state index contributed by atoms with van der Waals surface area (Å²) in [6, 6.07) is 9.95. The number of anilines is 1. The molecule has 0 spiro atoms. The van der Waals surface area contributed by atoms with E-state index in [2.05, 4.69) is 57.2 Å². The molecule has 2 amide bonds. The van der Waals surface area contributed by atoms with Gasteiger partial charge >= 0.3 is 0 Å². The fraction of sp³-hybridized carbons (Fsp3) is 0.308. The van der Waals surface area contributed by atoms with Gasteiger partial charge in [-0.15, -0.1) is 16.8 Å². The molecule has 2 N–H and O–H groups in total. The van der Waals surface area contributed by atoms with Crippen molar-refractivity contribution in [1.29, 1.82) is 0 Å². The number of nitrogens with one attached hydrogen (secondary N) is 2. The number of amides is 2. The van der Waals surface area contributed by atoms with Crippen LogP contribution in [0.5, 0.6) is 0 Å². The van der Waals surface area contributed by atoms with Gasteiger partial charge in [0.2, 0.25) is 5.91 Å². The molecule has 0 aliphatic heterocycles. The second-order valence-electron chi connectivity index (χ2n) is 8.82. The molecule has 0 aliphatic carbocycles. The summed E-state index contributed by atoms with van der Waals surface area (Å²) in [7, 11) is 0. The highest BCUT2D eigenvalue weighted by Crippen LogP contribution is 2.27. The first-order valence-electron chi connectivity index (χ1n) is 11.6. The van der Waals surface area contributed by atoms with Gasteiger partial charge in [-0.3, -0.25) is 9.59 Å². The van der Waals surface area contributed by atoms with Gasteiger partial charge in [0, 0.05) is 21.7 Å². The Labute approximate surface area is 239 Å². The molecule has 0 saturated heterocycles. The maximum absolute atomic E-state index is 13.1. The Morgan fingerprint density at radius 2 is 1.95 bits per heavy atom. The molecule has 0 aliphatic rings. The van der Waals surface area contributed by atoms with Crippen LogP contribution in [0.1, 0.15) is 48.1 Å². The SMILES string of the molecule is C=CCn1c(SCC(=O)Nc2ccc(Br)c(C)c2)nnc1[C@@H](CC(C)C)NC(=O)c1ccc(Cl)cc1Cl. The third-order valence-electron chi connectivity index (χ3n) is 5.33. The topological polar surface area (TPSA) is 88.9 Å². The van der Waals surface area contributed by atoms with E-state index in [0.29, 0.717) is 34.5 Å². The lowest BCUT2D eigenvalue weighted by molar-refractivity contribution is -0.113. The van der Waals surface area contributed by atoms with Gasteiger partial charge in [0.25, 0.3) is 5.91 Å². The zero-order chi connectivity index (χ0) is 27.1. The van der Waals surface area contributed by atoms with Crippen LogP contribution in [0.4, 0.5) is 5.69 Å². The molecular weight excluding hydrogens is 597 g/mol. The summed E-state index contributed by atoms with van der Waals surface area (Å²) in [6.07, 6.45) is 2.35. The number of thioether (sulfide) groups is 1. The van der Waals surface area contributed by atoms with Crippen LogP contribution in [-0.4, -0.2) is 32.3 Å². The highest BCUT2D eigenvalue weighted by Gasteiger charge is 2.25. The fourth-order valence-electron chi connectivity index (χ4n) is 3.62. The molecule has 196 valence electrons. The molecule has 1 aromatic heterocycles. The summed E-state index contributed by atoms with van der Waals surface area (Å²) in [4.78, 5) is 25.7. The highest BCUT2D eigenvalue weighted by molar-refractivity contribution is 9.10. The number of rotatable bonds is 11. The average Bonchev–Trinajstić information content (AvgIpc) is 3.22. The minimum absolute atomic E-state index is 0.145. The Balaban J connectivity index is 1.78. The van der Waals surface area contributed by atoms with E-state index in [1.807, 2.05) is 29.7 Å². The quantitative estimate of drug-likeness (QED) is 0.176. The van der Waals surface area contributed by atoms with Crippen molar-refractivity contribution in [2.45, 2.75) is 44.9 Å². The lowest BCUT2D eigenvalue weighted by Crippen LogP contribution is -2.32. The first kappa shape index (κ1) is 29.2. The molecular formula is C26H28BrCl2N5O2S. The molecule has 0 unspecified atom stereocenters. The first-order valence-corrected chi connectivity index (χ1v) is 14.1. The minimum atomic E-state index is -0.430. The van der Waals surface area contributed by atoms with Crippen LogP contribution in [0.3, 0.4) is 0 Å². The van der Waals surface area contributed by atoms with Crippen LogP contribution >= 0.6 is 50.9 Å². The molecule has 2 aromatic carbocycles. The van der Waals surface area contributed by atoms with Crippen molar-refractivity contribution in [3.8, 4) is 0 Å². The zero-order valence-electron chi connectivity index (χ0n) is 20.7. The van der Waals surface area contributed by atoms with Crippen molar-refractivity contribution in [2.75, 3.05) is 11.1 Å². The maximum atomic E-state index is 13.1. The number of hydrogen-bond acceptors (Lipinski definition) is 5. The molecule has 3 aromatic rings. The molecule has 11 heteroatoms. The monoisotopic (exact) mass is 623 g/mol. The molecule has 1 heterocycles. The number of halogens is 3. The van der Waals surface area contributed by atoms with E-state index in [1.54, 1.807) is 18.2 Å². The van der Waals surface area contributed by atoms with E-state index in [9.17, 15) is 9.59 Å². The van der Waals surface area contributed by atoms with E-state index in [1.165, 1.54) is 17.8 Å². The minimum Gasteiger partial charge on any atom is -0.342 e. The van der Waals surface area contributed by atoms with E-state index < -0.39 is 6.04 Å². The molecule has 3 rings (SSSR count). The van der Waals surface area contributed by atoms with Gasteiger partial charge < -0.3 is 15.2 Å². The van der Waals surface area contributed by atoms with Crippen molar-refractivity contribution < 1.29 is 9.59 Å². The Bertz CT molecular complexity index is 1300. The van der Waals surface area contributed by atoms with E-state index in [-0.39, 0.29) is 28.5 Å². The van der Waals surface area contributed by atoms with Crippen molar-refractivity contribution in [3.05, 3.63) is 80.5 Å². The van der Waals surface area contributed by atoms with Crippen LogP contribution in [0.2, 0.25) is 10.0 Å². The Kier molecular flexibility index (Phi) is 10.6. The van der Waals surface area contributed by atoms with Gasteiger partial charge in [0.1, 0.15) is 0 Å². The third kappa shape index (κ3) is 8.07. The number of nitrogens with zero attached hydrogens (tertiary/aromatic N) is 3. The Morgan fingerprint density at radius 1 is 1.19 bits per heavy atom.